The molecule has 1 saturated heterocycles. The average molecular weight is 507 g/mol. The maximum atomic E-state index is 12.5. The highest BCUT2D eigenvalue weighted by Crippen LogP contribution is 2.41. The summed E-state index contributed by atoms with van der Waals surface area (Å²) in [5, 5.41) is 23.4. The van der Waals surface area contributed by atoms with Gasteiger partial charge in [0.2, 0.25) is 0 Å². The molecular weight excluding hydrogens is 476 g/mol. The molecule has 0 saturated carbocycles. The summed E-state index contributed by atoms with van der Waals surface area (Å²) in [5.41, 5.74) is 2.01. The summed E-state index contributed by atoms with van der Waals surface area (Å²) >= 11 is 6.17. The van der Waals surface area contributed by atoms with E-state index >= 15 is 0 Å². The molecule has 3 aromatic rings. The molecule has 1 atom stereocenters. The average Bonchev–Trinajstić information content (AvgIpc) is 2.81. The van der Waals surface area contributed by atoms with Gasteiger partial charge in [0.15, 0.2) is 6.10 Å². The molecule has 1 unspecified atom stereocenters. The van der Waals surface area contributed by atoms with E-state index in [1.165, 1.54) is 0 Å². The number of fused-ring (bicyclic) bond motifs is 1. The van der Waals surface area contributed by atoms with Gasteiger partial charge in [-0.2, -0.15) is 0 Å². The Kier molecular flexibility index (Phi) is 7.45. The van der Waals surface area contributed by atoms with E-state index in [0.717, 1.165) is 33.0 Å². The molecule has 0 aliphatic carbocycles. The third kappa shape index (κ3) is 5.91. The van der Waals surface area contributed by atoms with Gasteiger partial charge >= 0.3 is 5.97 Å². The zero-order valence-electron chi connectivity index (χ0n) is 21.0. The van der Waals surface area contributed by atoms with Crippen molar-refractivity contribution < 1.29 is 24.5 Å². The summed E-state index contributed by atoms with van der Waals surface area (Å²) in [4.78, 5) is 12.5. The van der Waals surface area contributed by atoms with Crippen LogP contribution in [-0.2, 0) is 14.3 Å². The van der Waals surface area contributed by atoms with Gasteiger partial charge in [-0.25, -0.2) is 4.79 Å². The van der Waals surface area contributed by atoms with Crippen LogP contribution in [0, 0.1) is 18.8 Å². The van der Waals surface area contributed by atoms with Crippen molar-refractivity contribution in [2.75, 3.05) is 13.2 Å². The lowest BCUT2D eigenvalue weighted by molar-refractivity contribution is -0.160. The highest BCUT2D eigenvalue weighted by Gasteiger charge is 2.32. The maximum Gasteiger partial charge on any atom is 0.337 e. The fourth-order valence-electron chi connectivity index (χ4n) is 4.50. The predicted molar refractivity (Wildman–Crippen MR) is 142 cm³/mol. The lowest BCUT2D eigenvalue weighted by atomic mass is 9.86. The van der Waals surface area contributed by atoms with Crippen LogP contribution in [0.5, 0.6) is 0 Å². The van der Waals surface area contributed by atoms with E-state index in [1.54, 1.807) is 12.1 Å². The summed E-state index contributed by atoms with van der Waals surface area (Å²) < 4.78 is 11.4. The Morgan fingerprint density at radius 1 is 1.11 bits per heavy atom. The fourth-order valence-corrected chi connectivity index (χ4v) is 4.63. The van der Waals surface area contributed by atoms with Crippen molar-refractivity contribution in [1.82, 2.24) is 0 Å². The number of aliphatic hydroxyl groups is 1. The van der Waals surface area contributed by atoms with Crippen LogP contribution in [-0.4, -0.2) is 40.6 Å². The molecule has 0 aromatic heterocycles. The molecular formula is C30H31ClO5. The Morgan fingerprint density at radius 3 is 2.39 bits per heavy atom. The second-order valence-electron chi connectivity index (χ2n) is 10.3. The zero-order chi connectivity index (χ0) is 26.1. The molecule has 4 rings (SSSR count). The molecule has 2 N–H and O–H groups in total. The smallest absolute Gasteiger partial charge is 0.337 e. The van der Waals surface area contributed by atoms with Crippen LogP contribution in [0.4, 0.5) is 0 Å². The highest BCUT2D eigenvalue weighted by atomic mass is 35.5. The highest BCUT2D eigenvalue weighted by molar-refractivity contribution is 6.30. The number of aryl methyl sites for hydroxylation is 1. The van der Waals surface area contributed by atoms with Crippen molar-refractivity contribution >= 4 is 28.3 Å². The molecule has 0 spiro atoms. The van der Waals surface area contributed by atoms with Gasteiger partial charge in [-0.15, -0.1) is 0 Å². The van der Waals surface area contributed by atoms with Crippen LogP contribution >= 0.6 is 11.6 Å². The van der Waals surface area contributed by atoms with Crippen LogP contribution < -0.4 is 0 Å². The standard InChI is InChI=1S/C30H31ClO5/c1-19-17-22-6-5-20(11-12-30(34)13-15-35-16-14-30)18-24(22)26(21-7-9-23(31)10-8-21)25(19)27(28(32)33)36-29(2,3)4/h5-10,17-18,27,34H,13-16H2,1-4H3,(H,32,33). The molecule has 1 aliphatic rings. The molecule has 3 aromatic carbocycles. The SMILES string of the molecule is Cc1cc2ccc(C#CC3(O)CCOCC3)cc2c(-c2ccc(Cl)cc2)c1C(OC(C)(C)C)C(=O)O. The number of hydrogen-bond donors (Lipinski definition) is 2. The number of carbonyl (C=O) groups is 1. The molecule has 6 heteroatoms. The topological polar surface area (TPSA) is 76.0 Å². The summed E-state index contributed by atoms with van der Waals surface area (Å²) in [6.07, 6.45) is -0.229. The number of rotatable bonds is 4. The van der Waals surface area contributed by atoms with Gasteiger partial charge in [0.25, 0.3) is 0 Å². The van der Waals surface area contributed by atoms with E-state index in [1.807, 2.05) is 64.1 Å². The van der Waals surface area contributed by atoms with Crippen molar-refractivity contribution in [2.24, 2.45) is 0 Å². The van der Waals surface area contributed by atoms with Crippen molar-refractivity contribution in [1.29, 1.82) is 0 Å². The first-order valence-corrected chi connectivity index (χ1v) is 12.4. The van der Waals surface area contributed by atoms with E-state index in [4.69, 9.17) is 21.1 Å². The van der Waals surface area contributed by atoms with Crippen molar-refractivity contribution in [3.05, 3.63) is 70.2 Å². The third-order valence-electron chi connectivity index (χ3n) is 6.24. The third-order valence-corrected chi connectivity index (χ3v) is 6.49. The van der Waals surface area contributed by atoms with Crippen LogP contribution in [0.3, 0.4) is 0 Å². The minimum Gasteiger partial charge on any atom is -0.479 e. The quantitative estimate of drug-likeness (QED) is 0.406. The van der Waals surface area contributed by atoms with E-state index in [2.05, 4.69) is 11.8 Å². The number of carboxylic acids is 1. The molecule has 1 heterocycles. The molecule has 188 valence electrons. The summed E-state index contributed by atoms with van der Waals surface area (Å²) in [6, 6.07) is 15.2. The number of carboxylic acid groups (broad SMARTS) is 1. The molecule has 36 heavy (non-hydrogen) atoms. The Bertz CT molecular complexity index is 1340. The Hall–Kier alpha value is -2.88. The first kappa shape index (κ1) is 26.2. The van der Waals surface area contributed by atoms with E-state index in [0.29, 0.717) is 36.6 Å². The van der Waals surface area contributed by atoms with Crippen LogP contribution in [0.1, 0.15) is 56.4 Å². The normalized spacial score (nSPS) is 16.3. The molecule has 0 amide bonds. The van der Waals surface area contributed by atoms with Gasteiger partial charge < -0.3 is 19.7 Å². The van der Waals surface area contributed by atoms with E-state index < -0.39 is 23.3 Å². The Balaban J connectivity index is 1.96. The van der Waals surface area contributed by atoms with Gasteiger partial charge in [0.05, 0.1) is 18.8 Å². The first-order chi connectivity index (χ1) is 17.0. The van der Waals surface area contributed by atoms with Crippen molar-refractivity contribution in [3.8, 4) is 23.0 Å². The van der Waals surface area contributed by atoms with Crippen LogP contribution in [0.15, 0.2) is 48.5 Å². The van der Waals surface area contributed by atoms with Crippen molar-refractivity contribution in [2.45, 2.75) is 57.8 Å². The molecule has 5 nitrogen and oxygen atoms in total. The summed E-state index contributed by atoms with van der Waals surface area (Å²) in [5.74, 6) is 5.11. The lowest BCUT2D eigenvalue weighted by Crippen LogP contribution is -2.34. The van der Waals surface area contributed by atoms with Gasteiger partial charge in [-0.1, -0.05) is 47.7 Å². The number of halogens is 1. The van der Waals surface area contributed by atoms with Gasteiger partial charge in [0.1, 0.15) is 5.60 Å². The largest absolute Gasteiger partial charge is 0.479 e. The Morgan fingerprint density at radius 2 is 1.78 bits per heavy atom. The van der Waals surface area contributed by atoms with Crippen LogP contribution in [0.25, 0.3) is 21.9 Å². The van der Waals surface area contributed by atoms with Crippen LogP contribution in [0.2, 0.25) is 5.02 Å². The number of benzene rings is 3. The van der Waals surface area contributed by atoms with Crippen molar-refractivity contribution in [3.63, 3.8) is 0 Å². The lowest BCUT2D eigenvalue weighted by Gasteiger charge is -2.28. The predicted octanol–water partition coefficient (Wildman–Crippen LogP) is 6.30. The van der Waals surface area contributed by atoms with Gasteiger partial charge in [-0.3, -0.25) is 0 Å². The number of hydrogen-bond acceptors (Lipinski definition) is 4. The molecule has 0 bridgehead atoms. The van der Waals surface area contributed by atoms with Gasteiger partial charge in [-0.05, 0) is 79.4 Å². The number of ether oxygens (including phenoxy) is 2. The minimum atomic E-state index is -1.17. The first-order valence-electron chi connectivity index (χ1n) is 12.0. The fraction of sp³-hybridized carbons (Fsp3) is 0.367. The maximum absolute atomic E-state index is 12.5. The minimum absolute atomic E-state index is 0.470. The summed E-state index contributed by atoms with van der Waals surface area (Å²) in [7, 11) is 0. The van der Waals surface area contributed by atoms with Gasteiger partial charge in [0, 0.05) is 29.0 Å². The molecule has 1 fully saturated rings. The second-order valence-corrected chi connectivity index (χ2v) is 10.7. The van der Waals surface area contributed by atoms with E-state index in [-0.39, 0.29) is 0 Å². The monoisotopic (exact) mass is 506 g/mol. The molecule has 0 radical (unpaired) electrons. The van der Waals surface area contributed by atoms with E-state index in [9.17, 15) is 15.0 Å². The zero-order valence-corrected chi connectivity index (χ0v) is 21.8. The Labute approximate surface area is 217 Å². The summed E-state index contributed by atoms with van der Waals surface area (Å²) in [6.45, 7) is 8.40. The molecule has 1 aliphatic heterocycles. The second kappa shape index (κ2) is 10.2. The number of aliphatic carboxylic acids is 1.